The number of amides is 1. The van der Waals surface area contributed by atoms with Gasteiger partial charge in [-0.25, -0.2) is 0 Å². The maximum absolute atomic E-state index is 12.3. The Morgan fingerprint density at radius 3 is 1.64 bits per heavy atom. The van der Waals surface area contributed by atoms with Crippen molar-refractivity contribution in [3.05, 3.63) is 24.3 Å². The molecular formula is C34H65NO4. The first-order valence-corrected chi connectivity index (χ1v) is 16.6. The topological polar surface area (TPSA) is 89.8 Å². The van der Waals surface area contributed by atoms with Gasteiger partial charge in [0.15, 0.2) is 0 Å². The second kappa shape index (κ2) is 29.8. The fourth-order valence-electron chi connectivity index (χ4n) is 4.88. The molecule has 0 aromatic carbocycles. The number of allylic oxidation sites excluding steroid dienone is 3. The Hall–Kier alpha value is -1.17. The maximum atomic E-state index is 12.3. The van der Waals surface area contributed by atoms with E-state index in [4.69, 9.17) is 0 Å². The van der Waals surface area contributed by atoms with Crippen molar-refractivity contribution in [3.63, 3.8) is 0 Å². The first kappa shape index (κ1) is 37.8. The summed E-state index contributed by atoms with van der Waals surface area (Å²) in [6, 6.07) is -0.754. The van der Waals surface area contributed by atoms with Crippen molar-refractivity contribution < 1.29 is 20.1 Å². The van der Waals surface area contributed by atoms with Gasteiger partial charge in [-0.3, -0.25) is 4.79 Å². The average Bonchev–Trinajstić information content (AvgIpc) is 2.92. The highest BCUT2D eigenvalue weighted by atomic mass is 16.3. The second-order valence-electron chi connectivity index (χ2n) is 11.4. The van der Waals surface area contributed by atoms with Crippen LogP contribution in [-0.2, 0) is 4.79 Å². The van der Waals surface area contributed by atoms with Crippen LogP contribution in [0.3, 0.4) is 0 Å². The molecule has 0 saturated carbocycles. The van der Waals surface area contributed by atoms with Gasteiger partial charge in [0.25, 0.3) is 0 Å². The highest BCUT2D eigenvalue weighted by Gasteiger charge is 2.20. The molecule has 5 nitrogen and oxygen atoms in total. The lowest BCUT2D eigenvalue weighted by Crippen LogP contribution is -2.45. The van der Waals surface area contributed by atoms with Crippen LogP contribution in [0, 0.1) is 0 Å². The summed E-state index contributed by atoms with van der Waals surface area (Å²) in [4.78, 5) is 12.3. The van der Waals surface area contributed by atoms with Gasteiger partial charge in [-0.15, -0.1) is 0 Å². The highest BCUT2D eigenvalue weighted by molar-refractivity contribution is 5.76. The molecule has 0 aromatic rings. The van der Waals surface area contributed by atoms with Crippen LogP contribution in [0.4, 0.5) is 0 Å². The van der Waals surface area contributed by atoms with Crippen molar-refractivity contribution in [2.75, 3.05) is 6.61 Å². The Balaban J connectivity index is 3.84. The summed E-state index contributed by atoms with van der Waals surface area (Å²) in [6.45, 7) is 4.15. The molecule has 4 N–H and O–H groups in total. The molecule has 3 atom stereocenters. The molecule has 0 bridgehead atoms. The number of carbonyl (C=O) groups is 1. The third-order valence-corrected chi connectivity index (χ3v) is 7.49. The maximum Gasteiger partial charge on any atom is 0.222 e. The molecule has 0 spiro atoms. The summed E-state index contributed by atoms with van der Waals surface area (Å²) in [5.41, 5.74) is 0. The zero-order valence-corrected chi connectivity index (χ0v) is 25.8. The predicted molar refractivity (Wildman–Crippen MR) is 167 cm³/mol. The second-order valence-corrected chi connectivity index (χ2v) is 11.4. The van der Waals surface area contributed by atoms with Crippen molar-refractivity contribution in [1.82, 2.24) is 5.32 Å². The molecule has 0 rings (SSSR count). The van der Waals surface area contributed by atoms with Crippen molar-refractivity contribution >= 4 is 5.91 Å². The minimum Gasteiger partial charge on any atom is -0.394 e. The van der Waals surface area contributed by atoms with Crippen LogP contribution in [0.5, 0.6) is 0 Å². The zero-order chi connectivity index (χ0) is 28.8. The van der Waals surface area contributed by atoms with Crippen LogP contribution >= 0.6 is 0 Å². The first-order chi connectivity index (χ1) is 19.0. The van der Waals surface area contributed by atoms with Gasteiger partial charge in [-0.05, 0) is 32.1 Å². The molecule has 3 unspecified atom stereocenters. The fourth-order valence-corrected chi connectivity index (χ4v) is 4.88. The lowest BCUT2D eigenvalue weighted by molar-refractivity contribution is -0.124. The summed E-state index contributed by atoms with van der Waals surface area (Å²) < 4.78 is 0. The first-order valence-electron chi connectivity index (χ1n) is 16.6. The lowest BCUT2D eigenvalue weighted by Gasteiger charge is -2.21. The van der Waals surface area contributed by atoms with Crippen molar-refractivity contribution in [2.45, 2.75) is 180 Å². The van der Waals surface area contributed by atoms with Gasteiger partial charge in [0.2, 0.25) is 5.91 Å². The summed E-state index contributed by atoms with van der Waals surface area (Å²) in [7, 11) is 0. The Bertz CT molecular complexity index is 578. The van der Waals surface area contributed by atoms with E-state index in [1.807, 2.05) is 6.08 Å². The van der Waals surface area contributed by atoms with Gasteiger partial charge in [0.1, 0.15) is 0 Å². The van der Waals surface area contributed by atoms with E-state index in [1.165, 1.54) is 103 Å². The van der Waals surface area contributed by atoms with Crippen LogP contribution in [0.15, 0.2) is 24.3 Å². The van der Waals surface area contributed by atoms with Gasteiger partial charge < -0.3 is 20.6 Å². The molecule has 0 aliphatic heterocycles. The van der Waals surface area contributed by atoms with Gasteiger partial charge in [-0.2, -0.15) is 0 Å². The molecule has 5 heteroatoms. The van der Waals surface area contributed by atoms with E-state index in [2.05, 4.69) is 31.3 Å². The van der Waals surface area contributed by atoms with E-state index in [0.29, 0.717) is 6.42 Å². The smallest absolute Gasteiger partial charge is 0.222 e. The molecule has 0 radical (unpaired) electrons. The summed E-state index contributed by atoms with van der Waals surface area (Å²) in [5, 5.41) is 32.8. The van der Waals surface area contributed by atoms with Gasteiger partial charge in [0.05, 0.1) is 31.3 Å². The molecular weight excluding hydrogens is 486 g/mol. The molecule has 0 fully saturated rings. The van der Waals surface area contributed by atoms with Crippen molar-refractivity contribution in [3.8, 4) is 0 Å². The van der Waals surface area contributed by atoms with Crippen LogP contribution in [-0.4, -0.2) is 46.1 Å². The Labute approximate surface area is 241 Å². The Morgan fingerprint density at radius 1 is 0.641 bits per heavy atom. The van der Waals surface area contributed by atoms with Crippen molar-refractivity contribution in [1.29, 1.82) is 0 Å². The molecule has 0 aliphatic carbocycles. The van der Waals surface area contributed by atoms with Crippen molar-refractivity contribution in [2.24, 2.45) is 0 Å². The van der Waals surface area contributed by atoms with Crippen LogP contribution in [0.1, 0.15) is 162 Å². The van der Waals surface area contributed by atoms with E-state index in [9.17, 15) is 20.1 Å². The molecule has 230 valence electrons. The van der Waals surface area contributed by atoms with Crippen LogP contribution in [0.2, 0.25) is 0 Å². The largest absolute Gasteiger partial charge is 0.394 e. The van der Waals surface area contributed by atoms with Crippen LogP contribution < -0.4 is 5.32 Å². The molecule has 0 aromatic heterocycles. The van der Waals surface area contributed by atoms with Crippen LogP contribution in [0.25, 0.3) is 0 Å². The summed E-state index contributed by atoms with van der Waals surface area (Å²) in [6.07, 6.45) is 33.0. The molecule has 1 amide bonds. The fraction of sp³-hybridized carbons (Fsp3) is 0.853. The number of nitrogens with one attached hydrogen (secondary N) is 1. The number of aliphatic hydroxyl groups excluding tert-OH is 3. The van der Waals surface area contributed by atoms with E-state index in [0.717, 1.165) is 32.1 Å². The Kier molecular flexibility index (Phi) is 28.9. The van der Waals surface area contributed by atoms with Gasteiger partial charge >= 0.3 is 0 Å². The highest BCUT2D eigenvalue weighted by Crippen LogP contribution is 2.13. The number of carbonyl (C=O) groups excluding carboxylic acids is 1. The lowest BCUT2D eigenvalue weighted by atomic mass is 10.0. The standard InChI is InChI=1S/C34H65NO4/c1-3-5-7-9-11-13-15-16-18-20-22-24-26-28-33(38)32(30-36)35-34(39)29-31(37)27-25-23-21-19-17-14-12-10-8-6-4-2/h18,20,26,28,31-33,36-38H,3-17,19,21-25,27,29-30H2,1-2H3,(H,35,39)/b20-18+,28-26+. The predicted octanol–water partition coefficient (Wildman–Crippen LogP) is 8.31. The average molecular weight is 552 g/mol. The minimum absolute atomic E-state index is 0.00816. The third kappa shape index (κ3) is 26.8. The zero-order valence-electron chi connectivity index (χ0n) is 25.8. The molecule has 39 heavy (non-hydrogen) atoms. The quantitative estimate of drug-likeness (QED) is 0.0556. The molecule has 0 heterocycles. The van der Waals surface area contributed by atoms with E-state index < -0.39 is 18.2 Å². The van der Waals surface area contributed by atoms with Gasteiger partial charge in [-0.1, -0.05) is 147 Å². The third-order valence-electron chi connectivity index (χ3n) is 7.49. The molecule has 0 aliphatic rings. The number of aliphatic hydroxyl groups is 3. The SMILES string of the molecule is CCCCCCCCC/C=C/CC/C=C/C(O)C(CO)NC(=O)CC(O)CCCCCCCCCCCCC. The van der Waals surface area contributed by atoms with E-state index in [-0.39, 0.29) is 18.9 Å². The van der Waals surface area contributed by atoms with E-state index in [1.54, 1.807) is 6.08 Å². The van der Waals surface area contributed by atoms with Gasteiger partial charge in [0, 0.05) is 0 Å². The van der Waals surface area contributed by atoms with E-state index >= 15 is 0 Å². The number of hydrogen-bond donors (Lipinski definition) is 4. The summed E-state index contributed by atoms with van der Waals surface area (Å²) >= 11 is 0. The minimum atomic E-state index is -0.945. The summed E-state index contributed by atoms with van der Waals surface area (Å²) in [5.74, 6) is -0.328. The normalized spacial score (nSPS) is 14.3. The number of rotatable bonds is 29. The number of unbranched alkanes of at least 4 members (excludes halogenated alkanes) is 18. The molecule has 0 saturated heterocycles. The monoisotopic (exact) mass is 551 g/mol. The number of hydrogen-bond acceptors (Lipinski definition) is 4. The Morgan fingerprint density at radius 2 is 1.10 bits per heavy atom.